The zero-order valence-corrected chi connectivity index (χ0v) is 14.3. The van der Waals surface area contributed by atoms with E-state index in [1.807, 2.05) is 0 Å². The summed E-state index contributed by atoms with van der Waals surface area (Å²) in [6.45, 7) is 9.21. The zero-order chi connectivity index (χ0) is 15.0. The van der Waals surface area contributed by atoms with Gasteiger partial charge < -0.3 is 5.32 Å². The number of rotatable bonds is 3. The average Bonchev–Trinajstić information content (AvgIpc) is 2.77. The number of nitrogens with one attached hydrogen (secondary N) is 1. The molecule has 0 aromatic heterocycles. The highest BCUT2D eigenvalue weighted by Gasteiger charge is 2.23. The molecule has 3 rings (SSSR count). The highest BCUT2D eigenvalue weighted by atomic mass is 28.2. The van der Waals surface area contributed by atoms with Crippen LogP contribution in [0.25, 0.3) is 11.1 Å². The summed E-state index contributed by atoms with van der Waals surface area (Å²) >= 11 is 0. The van der Waals surface area contributed by atoms with Gasteiger partial charge in [0.2, 0.25) is 0 Å². The molecule has 0 spiro atoms. The molecule has 108 valence electrons. The van der Waals surface area contributed by atoms with Gasteiger partial charge in [-0.1, -0.05) is 55.2 Å². The van der Waals surface area contributed by atoms with Gasteiger partial charge in [-0.25, -0.2) is 0 Å². The van der Waals surface area contributed by atoms with Gasteiger partial charge in [-0.2, -0.15) is 0 Å². The van der Waals surface area contributed by atoms with E-state index in [0.29, 0.717) is 0 Å². The van der Waals surface area contributed by atoms with Crippen molar-refractivity contribution >= 4 is 19.8 Å². The van der Waals surface area contributed by atoms with Gasteiger partial charge in [-0.05, 0) is 42.2 Å². The van der Waals surface area contributed by atoms with Crippen LogP contribution >= 0.6 is 0 Å². The van der Waals surface area contributed by atoms with E-state index in [4.69, 9.17) is 0 Å². The van der Waals surface area contributed by atoms with Crippen LogP contribution in [0.3, 0.4) is 0 Å². The van der Waals surface area contributed by atoms with Crippen LogP contribution in [-0.2, 0) is 6.42 Å². The molecule has 0 saturated carbocycles. The van der Waals surface area contributed by atoms with E-state index in [-0.39, 0.29) is 13.9 Å². The Hall–Kier alpha value is -1.67. The van der Waals surface area contributed by atoms with E-state index in [0.717, 1.165) is 6.42 Å². The lowest BCUT2D eigenvalue weighted by molar-refractivity contribution is 0.782. The molecule has 1 aliphatic rings. The minimum absolute atomic E-state index is 0.0433. The summed E-state index contributed by atoms with van der Waals surface area (Å²) in [7, 11) is -0.365. The van der Waals surface area contributed by atoms with Gasteiger partial charge in [0.05, 0.1) is 0 Å². The smallest absolute Gasteiger partial charge is 0.0461 e. The number of anilines is 1. The highest BCUT2D eigenvalue weighted by Crippen LogP contribution is 2.40. The maximum absolute atomic E-state index is 3.75. The fraction of sp³-hybridized carbons (Fsp3) is 0.316. The Bertz CT molecular complexity index is 709. The summed E-state index contributed by atoms with van der Waals surface area (Å²) in [6, 6.07) is 15.4. The van der Waals surface area contributed by atoms with Crippen molar-refractivity contribution in [3.8, 4) is 11.1 Å². The molecule has 2 heteroatoms. The zero-order valence-electron chi connectivity index (χ0n) is 13.3. The Morgan fingerprint density at radius 2 is 1.71 bits per heavy atom. The molecule has 2 aromatic carbocycles. The Morgan fingerprint density at radius 1 is 1.00 bits per heavy atom. The van der Waals surface area contributed by atoms with Crippen molar-refractivity contribution in [1.29, 1.82) is 0 Å². The van der Waals surface area contributed by atoms with Crippen molar-refractivity contribution in [3.63, 3.8) is 0 Å². The minimum atomic E-state index is -0.365. The SMILES string of the molecule is C[Si](C)=CC(C)(C)Nc1cccc2c1Cc1ccccc1-2. The van der Waals surface area contributed by atoms with Gasteiger partial charge >= 0.3 is 0 Å². The lowest BCUT2D eigenvalue weighted by Crippen LogP contribution is -2.35. The van der Waals surface area contributed by atoms with E-state index in [1.54, 1.807) is 0 Å². The largest absolute Gasteiger partial charge is 0.377 e. The van der Waals surface area contributed by atoms with E-state index >= 15 is 0 Å². The molecule has 0 heterocycles. The molecule has 0 fully saturated rings. The van der Waals surface area contributed by atoms with Crippen molar-refractivity contribution in [2.75, 3.05) is 5.32 Å². The molecule has 0 amide bonds. The predicted molar refractivity (Wildman–Crippen MR) is 95.9 cm³/mol. The molecular weight excluding hydrogens is 270 g/mol. The van der Waals surface area contributed by atoms with Gasteiger partial charge in [0.15, 0.2) is 0 Å². The maximum atomic E-state index is 3.75. The molecule has 1 aliphatic carbocycles. The summed E-state index contributed by atoms with van der Waals surface area (Å²) in [4.78, 5) is 0. The normalized spacial score (nSPS) is 12.6. The van der Waals surface area contributed by atoms with Gasteiger partial charge in [-0.3, -0.25) is 0 Å². The fourth-order valence-electron chi connectivity index (χ4n) is 3.38. The van der Waals surface area contributed by atoms with Crippen molar-refractivity contribution in [2.24, 2.45) is 0 Å². The van der Waals surface area contributed by atoms with Crippen LogP contribution in [0.1, 0.15) is 25.0 Å². The minimum Gasteiger partial charge on any atom is -0.377 e. The summed E-state index contributed by atoms with van der Waals surface area (Å²) in [5, 5.41) is 3.75. The van der Waals surface area contributed by atoms with Crippen molar-refractivity contribution in [3.05, 3.63) is 53.6 Å². The molecule has 2 aromatic rings. The first-order valence-corrected chi connectivity index (χ1v) is 10.2. The molecule has 0 radical (unpaired) electrons. The number of benzene rings is 2. The van der Waals surface area contributed by atoms with Crippen LogP contribution in [0.4, 0.5) is 5.69 Å². The first-order valence-electron chi connectivity index (χ1n) is 7.61. The van der Waals surface area contributed by atoms with Crippen molar-refractivity contribution in [2.45, 2.75) is 38.9 Å². The van der Waals surface area contributed by atoms with Crippen LogP contribution in [0, 0.1) is 0 Å². The van der Waals surface area contributed by atoms with Crippen LogP contribution < -0.4 is 5.32 Å². The summed E-state index contributed by atoms with van der Waals surface area (Å²) < 4.78 is 0. The Labute approximate surface area is 129 Å². The van der Waals surface area contributed by atoms with Crippen LogP contribution in [0.5, 0.6) is 0 Å². The second-order valence-corrected chi connectivity index (χ2v) is 9.18. The van der Waals surface area contributed by atoms with Gasteiger partial charge in [-0.15, -0.1) is 0 Å². The molecule has 1 N–H and O–H groups in total. The lowest BCUT2D eigenvalue weighted by atomic mass is 10.0. The van der Waals surface area contributed by atoms with E-state index in [9.17, 15) is 0 Å². The summed E-state index contributed by atoms with van der Waals surface area (Å²) in [6.07, 6.45) is 1.04. The summed E-state index contributed by atoms with van der Waals surface area (Å²) in [5.41, 5.74) is 9.48. The van der Waals surface area contributed by atoms with Crippen LogP contribution in [-0.4, -0.2) is 19.6 Å². The van der Waals surface area contributed by atoms with Gasteiger partial charge in [0, 0.05) is 26.1 Å². The second-order valence-electron chi connectivity index (χ2n) is 6.73. The molecule has 0 bridgehead atoms. The monoisotopic (exact) mass is 293 g/mol. The average molecular weight is 293 g/mol. The maximum Gasteiger partial charge on any atom is 0.0461 e. The fourth-order valence-corrected chi connectivity index (χ4v) is 4.89. The van der Waals surface area contributed by atoms with E-state index in [1.165, 1.54) is 27.9 Å². The Balaban J connectivity index is 1.99. The Morgan fingerprint density at radius 3 is 2.48 bits per heavy atom. The molecule has 0 aliphatic heterocycles. The van der Waals surface area contributed by atoms with Crippen molar-refractivity contribution in [1.82, 2.24) is 0 Å². The molecule has 1 nitrogen and oxygen atoms in total. The first kappa shape index (κ1) is 14.3. The molecular formula is C19H23NSi. The molecule has 21 heavy (non-hydrogen) atoms. The summed E-state index contributed by atoms with van der Waals surface area (Å²) in [5.74, 6) is 0. The van der Waals surface area contributed by atoms with E-state index < -0.39 is 0 Å². The third-order valence-corrected chi connectivity index (χ3v) is 5.26. The van der Waals surface area contributed by atoms with Crippen molar-refractivity contribution < 1.29 is 0 Å². The molecule has 0 atom stereocenters. The lowest BCUT2D eigenvalue weighted by Gasteiger charge is -2.26. The number of hydrogen-bond acceptors (Lipinski definition) is 1. The van der Waals surface area contributed by atoms with Gasteiger partial charge in [0.25, 0.3) is 0 Å². The first-order chi connectivity index (χ1) is 9.96. The highest BCUT2D eigenvalue weighted by molar-refractivity contribution is 6.64. The predicted octanol–water partition coefficient (Wildman–Crippen LogP) is 4.59. The number of hydrogen-bond donors (Lipinski definition) is 1. The van der Waals surface area contributed by atoms with Crippen LogP contribution in [0.15, 0.2) is 42.5 Å². The van der Waals surface area contributed by atoms with Gasteiger partial charge in [0.1, 0.15) is 0 Å². The standard InChI is InChI=1S/C19H23NSi/c1-19(2,13-21(3)4)20-18-11-7-10-16-15-9-6-5-8-14(15)12-17(16)18/h5-11,13,20H,12H2,1-4H3. The van der Waals surface area contributed by atoms with Crippen LogP contribution in [0.2, 0.25) is 13.1 Å². The third-order valence-electron chi connectivity index (χ3n) is 3.96. The molecule has 0 saturated heterocycles. The Kier molecular flexibility index (Phi) is 3.58. The third kappa shape index (κ3) is 2.86. The topological polar surface area (TPSA) is 12.0 Å². The second kappa shape index (κ2) is 5.27. The molecule has 0 unspecified atom stereocenters. The van der Waals surface area contributed by atoms with E-state index in [2.05, 4.69) is 80.4 Å². The quantitative estimate of drug-likeness (QED) is 0.697. The number of fused-ring (bicyclic) bond motifs is 3.